The van der Waals surface area contributed by atoms with E-state index < -0.39 is 0 Å². The van der Waals surface area contributed by atoms with Crippen molar-refractivity contribution in [3.63, 3.8) is 0 Å². The van der Waals surface area contributed by atoms with Crippen molar-refractivity contribution in [3.8, 4) is 11.3 Å². The quantitative estimate of drug-likeness (QED) is 0.755. The minimum absolute atomic E-state index is 0.415. The molecule has 0 saturated heterocycles. The van der Waals surface area contributed by atoms with Crippen LogP contribution in [0.15, 0.2) is 29.6 Å². The number of nitrogens with zero attached hydrogens (tertiary/aromatic N) is 1. The van der Waals surface area contributed by atoms with Gasteiger partial charge in [0.25, 0.3) is 0 Å². The SMILES string of the molecule is CCCc1ccc(-c2csc(CC=O)n2)cc1. The first-order valence-corrected chi connectivity index (χ1v) is 6.68. The van der Waals surface area contributed by atoms with Gasteiger partial charge in [0.15, 0.2) is 0 Å². The van der Waals surface area contributed by atoms with Gasteiger partial charge in [0.1, 0.15) is 11.3 Å². The highest BCUT2D eigenvalue weighted by molar-refractivity contribution is 7.10. The van der Waals surface area contributed by atoms with Crippen molar-refractivity contribution in [3.05, 3.63) is 40.2 Å². The highest BCUT2D eigenvalue weighted by Gasteiger charge is 2.04. The monoisotopic (exact) mass is 245 g/mol. The van der Waals surface area contributed by atoms with E-state index in [-0.39, 0.29) is 0 Å². The molecule has 0 amide bonds. The fraction of sp³-hybridized carbons (Fsp3) is 0.286. The van der Waals surface area contributed by atoms with Crippen LogP contribution in [0.2, 0.25) is 0 Å². The third kappa shape index (κ3) is 3.01. The predicted molar refractivity (Wildman–Crippen MR) is 71.3 cm³/mol. The van der Waals surface area contributed by atoms with Gasteiger partial charge in [-0.2, -0.15) is 0 Å². The molecule has 0 unspecified atom stereocenters. The summed E-state index contributed by atoms with van der Waals surface area (Å²) >= 11 is 1.54. The van der Waals surface area contributed by atoms with Gasteiger partial charge in [0, 0.05) is 10.9 Å². The van der Waals surface area contributed by atoms with E-state index in [2.05, 4.69) is 36.2 Å². The molecular formula is C14H15NOS. The van der Waals surface area contributed by atoms with Crippen LogP contribution >= 0.6 is 11.3 Å². The molecule has 0 aliphatic rings. The summed E-state index contributed by atoms with van der Waals surface area (Å²) in [5.41, 5.74) is 3.45. The van der Waals surface area contributed by atoms with E-state index >= 15 is 0 Å². The van der Waals surface area contributed by atoms with E-state index in [1.807, 2.05) is 5.38 Å². The number of thiazole rings is 1. The molecule has 3 heteroatoms. The molecule has 1 heterocycles. The van der Waals surface area contributed by atoms with Gasteiger partial charge in [0.2, 0.25) is 0 Å². The van der Waals surface area contributed by atoms with E-state index in [4.69, 9.17) is 0 Å². The molecular weight excluding hydrogens is 230 g/mol. The first-order valence-electron chi connectivity index (χ1n) is 5.81. The summed E-state index contributed by atoms with van der Waals surface area (Å²) in [6.45, 7) is 2.18. The molecule has 2 aromatic rings. The number of hydrogen-bond acceptors (Lipinski definition) is 3. The average molecular weight is 245 g/mol. The third-order valence-electron chi connectivity index (χ3n) is 2.60. The maximum Gasteiger partial charge on any atom is 0.126 e. The highest BCUT2D eigenvalue weighted by atomic mass is 32.1. The Labute approximate surface area is 105 Å². The zero-order valence-corrected chi connectivity index (χ0v) is 10.7. The van der Waals surface area contributed by atoms with Crippen LogP contribution < -0.4 is 0 Å². The number of benzene rings is 1. The van der Waals surface area contributed by atoms with E-state index in [0.29, 0.717) is 6.42 Å². The van der Waals surface area contributed by atoms with Gasteiger partial charge in [-0.15, -0.1) is 11.3 Å². The minimum Gasteiger partial charge on any atom is -0.303 e. The second kappa shape index (κ2) is 5.73. The number of aldehydes is 1. The first-order chi connectivity index (χ1) is 8.33. The molecule has 1 aromatic carbocycles. The van der Waals surface area contributed by atoms with Crippen molar-refractivity contribution in [1.82, 2.24) is 4.98 Å². The third-order valence-corrected chi connectivity index (χ3v) is 3.47. The molecule has 1 aromatic heterocycles. The highest BCUT2D eigenvalue weighted by Crippen LogP contribution is 2.22. The Bertz CT molecular complexity index is 487. The predicted octanol–water partition coefficient (Wildman–Crippen LogP) is 3.50. The summed E-state index contributed by atoms with van der Waals surface area (Å²) in [7, 11) is 0. The van der Waals surface area contributed by atoms with Crippen LogP contribution in [0.4, 0.5) is 0 Å². The smallest absolute Gasteiger partial charge is 0.126 e. The van der Waals surface area contributed by atoms with Gasteiger partial charge in [0.05, 0.1) is 12.1 Å². The van der Waals surface area contributed by atoms with Gasteiger partial charge in [-0.1, -0.05) is 37.6 Å². The fourth-order valence-corrected chi connectivity index (χ4v) is 2.49. The van der Waals surface area contributed by atoms with Crippen LogP contribution in [0.25, 0.3) is 11.3 Å². The van der Waals surface area contributed by atoms with E-state index in [9.17, 15) is 4.79 Å². The summed E-state index contributed by atoms with van der Waals surface area (Å²) in [6, 6.07) is 8.50. The van der Waals surface area contributed by atoms with Gasteiger partial charge < -0.3 is 4.79 Å². The number of carbonyl (C=O) groups is 1. The maximum absolute atomic E-state index is 10.4. The minimum atomic E-state index is 0.415. The molecule has 88 valence electrons. The van der Waals surface area contributed by atoms with Crippen molar-refractivity contribution in [1.29, 1.82) is 0 Å². The Kier molecular flexibility index (Phi) is 4.04. The molecule has 2 rings (SSSR count). The van der Waals surface area contributed by atoms with Crippen LogP contribution in [-0.4, -0.2) is 11.3 Å². The maximum atomic E-state index is 10.4. The number of carbonyl (C=O) groups excluding carboxylic acids is 1. The second-order valence-corrected chi connectivity index (χ2v) is 4.89. The molecule has 0 N–H and O–H groups in total. The molecule has 0 radical (unpaired) electrons. The molecule has 0 spiro atoms. The van der Waals surface area contributed by atoms with Crippen LogP contribution in [0.3, 0.4) is 0 Å². The molecule has 0 fully saturated rings. The van der Waals surface area contributed by atoms with Gasteiger partial charge >= 0.3 is 0 Å². The molecule has 0 aliphatic carbocycles. The van der Waals surface area contributed by atoms with Gasteiger partial charge in [-0.25, -0.2) is 4.98 Å². The average Bonchev–Trinajstić information content (AvgIpc) is 2.80. The topological polar surface area (TPSA) is 30.0 Å². The summed E-state index contributed by atoms with van der Waals surface area (Å²) in [6.07, 6.45) is 3.60. The lowest BCUT2D eigenvalue weighted by Gasteiger charge is -2.00. The zero-order valence-electron chi connectivity index (χ0n) is 9.85. The second-order valence-electron chi connectivity index (χ2n) is 3.94. The van der Waals surface area contributed by atoms with Crippen molar-refractivity contribution in [2.45, 2.75) is 26.2 Å². The largest absolute Gasteiger partial charge is 0.303 e. The first kappa shape index (κ1) is 12.0. The van der Waals surface area contributed by atoms with E-state index in [1.165, 1.54) is 12.0 Å². The van der Waals surface area contributed by atoms with Crippen molar-refractivity contribution in [2.24, 2.45) is 0 Å². The van der Waals surface area contributed by atoms with Crippen LogP contribution in [0.1, 0.15) is 23.9 Å². The van der Waals surface area contributed by atoms with Gasteiger partial charge in [-0.3, -0.25) is 0 Å². The number of hydrogen-bond donors (Lipinski definition) is 0. The fourth-order valence-electron chi connectivity index (χ4n) is 1.74. The Morgan fingerprint density at radius 2 is 2.06 bits per heavy atom. The normalized spacial score (nSPS) is 10.4. The molecule has 0 atom stereocenters. The lowest BCUT2D eigenvalue weighted by atomic mass is 10.1. The van der Waals surface area contributed by atoms with E-state index in [0.717, 1.165) is 29.0 Å². The lowest BCUT2D eigenvalue weighted by molar-refractivity contribution is -0.107. The van der Waals surface area contributed by atoms with Crippen molar-refractivity contribution in [2.75, 3.05) is 0 Å². The summed E-state index contributed by atoms with van der Waals surface area (Å²) in [5.74, 6) is 0. The van der Waals surface area contributed by atoms with Crippen LogP contribution in [0.5, 0.6) is 0 Å². The Morgan fingerprint density at radius 3 is 2.71 bits per heavy atom. The standard InChI is InChI=1S/C14H15NOS/c1-2-3-11-4-6-12(7-5-11)13-10-17-14(15-13)8-9-16/h4-7,9-10H,2-3,8H2,1H3. The Morgan fingerprint density at radius 1 is 1.29 bits per heavy atom. The molecule has 0 bridgehead atoms. The lowest BCUT2D eigenvalue weighted by Crippen LogP contribution is -1.86. The Balaban J connectivity index is 2.17. The molecule has 17 heavy (non-hydrogen) atoms. The van der Waals surface area contributed by atoms with E-state index in [1.54, 1.807) is 11.3 Å². The number of rotatable bonds is 5. The van der Waals surface area contributed by atoms with Gasteiger partial charge in [-0.05, 0) is 12.0 Å². The zero-order chi connectivity index (χ0) is 12.1. The van der Waals surface area contributed by atoms with Crippen LogP contribution in [0, 0.1) is 0 Å². The molecule has 2 nitrogen and oxygen atoms in total. The molecule has 0 saturated carbocycles. The van der Waals surface area contributed by atoms with Crippen molar-refractivity contribution >= 4 is 17.6 Å². The summed E-state index contributed by atoms with van der Waals surface area (Å²) in [5, 5.41) is 2.89. The number of aryl methyl sites for hydroxylation is 1. The summed E-state index contributed by atoms with van der Waals surface area (Å²) < 4.78 is 0. The summed E-state index contributed by atoms with van der Waals surface area (Å²) in [4.78, 5) is 14.8. The number of aromatic nitrogens is 1. The Hall–Kier alpha value is -1.48. The molecule has 0 aliphatic heterocycles. The van der Waals surface area contributed by atoms with Crippen LogP contribution in [-0.2, 0) is 17.6 Å². The van der Waals surface area contributed by atoms with Crippen molar-refractivity contribution < 1.29 is 4.79 Å².